The van der Waals surface area contributed by atoms with E-state index in [4.69, 9.17) is 19.6 Å². The Morgan fingerprint density at radius 1 is 1.02 bits per heavy atom. The number of fused-ring (bicyclic) bond motifs is 1. The Labute approximate surface area is 251 Å². The van der Waals surface area contributed by atoms with Gasteiger partial charge in [-0.25, -0.2) is 9.18 Å². The van der Waals surface area contributed by atoms with Crippen molar-refractivity contribution < 1.29 is 33.3 Å². The first-order valence-electron chi connectivity index (χ1n) is 13.6. The Morgan fingerprint density at radius 2 is 1.66 bits per heavy atom. The SMILES string of the molecule is Br.CCOc1cc2c(c(F)c1OCC)C(=N)N(CC(=O)c1cc(N(CC)CC)c(OCC(=O)O)c(C(C)(C)C)c1)C2. The van der Waals surface area contributed by atoms with Gasteiger partial charge in [-0.1, -0.05) is 20.8 Å². The van der Waals surface area contributed by atoms with Crippen molar-refractivity contribution in [2.75, 3.05) is 44.4 Å². The standard InChI is InChI=1S/C30H40FN3O6.BrH/c1-8-33(9-2)21-13-18(12-20(30(5,6)7)27(21)40-17-24(36)37)22(35)16-34-15-19-14-23(38-10-3)28(39-11-4)26(31)25(19)29(34)32;/h12-14,32H,8-11,15-17H2,1-7H3,(H,36,37);1H. The molecule has 0 radical (unpaired) electrons. The first-order valence-corrected chi connectivity index (χ1v) is 13.6. The number of amidine groups is 1. The molecule has 0 aromatic heterocycles. The van der Waals surface area contributed by atoms with E-state index in [1.807, 2.05) is 39.5 Å². The number of halogens is 2. The number of carbonyl (C=O) groups excluding carboxylic acids is 1. The molecule has 2 N–H and O–H groups in total. The number of hydrogen-bond acceptors (Lipinski definition) is 7. The number of Topliss-reactive ketones (excluding diaryl/α,β-unsaturated/α-hetero) is 1. The molecule has 0 fully saturated rings. The summed E-state index contributed by atoms with van der Waals surface area (Å²) in [6.45, 7) is 14.7. The van der Waals surface area contributed by atoms with Crippen LogP contribution in [0.4, 0.5) is 10.1 Å². The maximum Gasteiger partial charge on any atom is 0.341 e. The lowest BCUT2D eigenvalue weighted by Crippen LogP contribution is -2.31. The van der Waals surface area contributed by atoms with Gasteiger partial charge in [0.2, 0.25) is 0 Å². The van der Waals surface area contributed by atoms with Crippen molar-refractivity contribution in [2.45, 2.75) is 60.4 Å². The van der Waals surface area contributed by atoms with Gasteiger partial charge >= 0.3 is 5.97 Å². The molecule has 0 saturated carbocycles. The second-order valence-electron chi connectivity index (χ2n) is 10.5. The minimum absolute atomic E-state index is 0. The van der Waals surface area contributed by atoms with Crippen LogP contribution >= 0.6 is 17.0 Å². The quantitative estimate of drug-likeness (QED) is 0.264. The minimum Gasteiger partial charge on any atom is -0.490 e. The van der Waals surface area contributed by atoms with Crippen LogP contribution in [-0.4, -0.2) is 67.0 Å². The molecular weight excluding hydrogens is 597 g/mol. The fourth-order valence-corrected chi connectivity index (χ4v) is 4.84. The van der Waals surface area contributed by atoms with E-state index in [1.165, 1.54) is 4.90 Å². The van der Waals surface area contributed by atoms with Crippen LogP contribution in [0.15, 0.2) is 18.2 Å². The summed E-state index contributed by atoms with van der Waals surface area (Å²) >= 11 is 0. The lowest BCUT2D eigenvalue weighted by molar-refractivity contribution is -0.139. The zero-order valence-corrected chi connectivity index (χ0v) is 26.6. The van der Waals surface area contributed by atoms with Crippen LogP contribution in [0.3, 0.4) is 0 Å². The number of ether oxygens (including phenoxy) is 3. The summed E-state index contributed by atoms with van der Waals surface area (Å²) in [5.74, 6) is -1.42. The highest BCUT2D eigenvalue weighted by atomic mass is 79.9. The zero-order valence-electron chi connectivity index (χ0n) is 24.9. The third-order valence-corrected chi connectivity index (χ3v) is 6.75. The number of aliphatic carboxylic acids is 1. The first-order chi connectivity index (χ1) is 18.9. The molecule has 3 rings (SSSR count). The summed E-state index contributed by atoms with van der Waals surface area (Å²) in [5, 5.41) is 17.9. The van der Waals surface area contributed by atoms with E-state index >= 15 is 4.39 Å². The van der Waals surface area contributed by atoms with Gasteiger partial charge < -0.3 is 29.1 Å². The summed E-state index contributed by atoms with van der Waals surface area (Å²) in [4.78, 5) is 28.6. The number of rotatable bonds is 13. The van der Waals surface area contributed by atoms with Gasteiger partial charge in [0, 0.05) is 30.8 Å². The Hall–Kier alpha value is -3.34. The Kier molecular flexibility index (Phi) is 11.6. The number of carboxylic acids is 1. The highest BCUT2D eigenvalue weighted by Gasteiger charge is 2.34. The van der Waals surface area contributed by atoms with Gasteiger partial charge in [-0.3, -0.25) is 10.2 Å². The highest BCUT2D eigenvalue weighted by Crippen LogP contribution is 2.42. The fraction of sp³-hybridized carbons (Fsp3) is 0.500. The van der Waals surface area contributed by atoms with Crippen LogP contribution in [0.2, 0.25) is 0 Å². The van der Waals surface area contributed by atoms with E-state index in [0.29, 0.717) is 47.8 Å². The van der Waals surface area contributed by atoms with Crippen LogP contribution < -0.4 is 19.1 Å². The van der Waals surface area contributed by atoms with Crippen LogP contribution in [-0.2, 0) is 16.8 Å². The molecule has 226 valence electrons. The number of anilines is 1. The normalized spacial score (nSPS) is 12.5. The highest BCUT2D eigenvalue weighted by molar-refractivity contribution is 8.93. The van der Waals surface area contributed by atoms with Gasteiger partial charge in [0.05, 0.1) is 31.0 Å². The summed E-state index contributed by atoms with van der Waals surface area (Å²) in [6.07, 6.45) is 0. The van der Waals surface area contributed by atoms with E-state index < -0.39 is 23.8 Å². The van der Waals surface area contributed by atoms with Gasteiger partial charge in [-0.05, 0) is 56.9 Å². The third-order valence-electron chi connectivity index (χ3n) is 6.75. The average Bonchev–Trinajstić information content (AvgIpc) is 3.19. The predicted molar refractivity (Wildman–Crippen MR) is 162 cm³/mol. The molecule has 41 heavy (non-hydrogen) atoms. The summed E-state index contributed by atoms with van der Waals surface area (Å²) in [7, 11) is 0. The molecular formula is C30H41BrFN3O6. The van der Waals surface area contributed by atoms with Gasteiger partial charge in [-0.2, -0.15) is 0 Å². The van der Waals surface area contributed by atoms with E-state index in [2.05, 4.69) is 0 Å². The lowest BCUT2D eigenvalue weighted by atomic mass is 9.84. The summed E-state index contributed by atoms with van der Waals surface area (Å²) in [5.41, 5.74) is 1.95. The number of carboxylic acid groups (broad SMARTS) is 1. The Bertz CT molecular complexity index is 1290. The van der Waals surface area contributed by atoms with E-state index in [-0.39, 0.29) is 65.4 Å². The monoisotopic (exact) mass is 637 g/mol. The maximum absolute atomic E-state index is 15.5. The van der Waals surface area contributed by atoms with Gasteiger partial charge in [0.25, 0.3) is 0 Å². The molecule has 0 atom stereocenters. The van der Waals surface area contributed by atoms with Crippen molar-refractivity contribution in [2.24, 2.45) is 0 Å². The number of carbonyl (C=O) groups is 2. The Balaban J connectivity index is 0.00000588. The number of nitrogens with one attached hydrogen (secondary N) is 1. The van der Waals surface area contributed by atoms with Crippen molar-refractivity contribution in [3.8, 4) is 17.2 Å². The smallest absolute Gasteiger partial charge is 0.341 e. The molecule has 0 unspecified atom stereocenters. The van der Waals surface area contributed by atoms with Crippen molar-refractivity contribution in [1.29, 1.82) is 5.41 Å². The van der Waals surface area contributed by atoms with Crippen molar-refractivity contribution in [3.05, 3.63) is 46.3 Å². The summed E-state index contributed by atoms with van der Waals surface area (Å²) < 4.78 is 32.4. The van der Waals surface area contributed by atoms with E-state index in [1.54, 1.807) is 32.0 Å². The third kappa shape index (κ3) is 7.30. The molecule has 0 spiro atoms. The van der Waals surface area contributed by atoms with Crippen molar-refractivity contribution in [3.63, 3.8) is 0 Å². The van der Waals surface area contributed by atoms with Gasteiger partial charge in [0.15, 0.2) is 29.7 Å². The van der Waals surface area contributed by atoms with Crippen LogP contribution in [0.5, 0.6) is 17.2 Å². The average molecular weight is 639 g/mol. The number of ketones is 1. The van der Waals surface area contributed by atoms with E-state index in [0.717, 1.165) is 0 Å². The number of benzene rings is 2. The molecule has 1 aliphatic rings. The lowest BCUT2D eigenvalue weighted by Gasteiger charge is -2.30. The second kappa shape index (κ2) is 14.0. The molecule has 0 bridgehead atoms. The molecule has 1 heterocycles. The Morgan fingerprint density at radius 3 is 2.20 bits per heavy atom. The van der Waals surface area contributed by atoms with Gasteiger partial charge in [-0.15, -0.1) is 17.0 Å². The topological polar surface area (TPSA) is 112 Å². The first kappa shape index (κ1) is 33.9. The van der Waals surface area contributed by atoms with Gasteiger partial charge in [0.1, 0.15) is 11.6 Å². The number of hydrogen-bond donors (Lipinski definition) is 2. The fourth-order valence-electron chi connectivity index (χ4n) is 4.84. The molecule has 9 nitrogen and oxygen atoms in total. The molecule has 0 saturated heterocycles. The molecule has 2 aromatic carbocycles. The summed E-state index contributed by atoms with van der Waals surface area (Å²) in [6, 6.07) is 5.13. The van der Waals surface area contributed by atoms with Crippen molar-refractivity contribution >= 4 is 40.3 Å². The van der Waals surface area contributed by atoms with Crippen LogP contribution in [0.25, 0.3) is 0 Å². The van der Waals surface area contributed by atoms with Crippen LogP contribution in [0.1, 0.15) is 75.5 Å². The molecule has 0 amide bonds. The number of nitrogens with zero attached hydrogens (tertiary/aromatic N) is 2. The molecule has 1 aliphatic heterocycles. The molecule has 2 aromatic rings. The van der Waals surface area contributed by atoms with Crippen LogP contribution in [0, 0.1) is 11.2 Å². The molecule has 11 heteroatoms. The van der Waals surface area contributed by atoms with Crippen molar-refractivity contribution in [1.82, 2.24) is 4.90 Å². The minimum atomic E-state index is -1.09. The largest absolute Gasteiger partial charge is 0.490 e. The zero-order chi connectivity index (χ0) is 29.8. The maximum atomic E-state index is 15.5. The van der Waals surface area contributed by atoms with E-state index in [9.17, 15) is 14.7 Å². The molecule has 0 aliphatic carbocycles. The second-order valence-corrected chi connectivity index (χ2v) is 10.5. The predicted octanol–water partition coefficient (Wildman–Crippen LogP) is 5.83.